The minimum absolute atomic E-state index is 0.461. The van der Waals surface area contributed by atoms with Crippen LogP contribution in [0.25, 0.3) is 0 Å². The van der Waals surface area contributed by atoms with Gasteiger partial charge >= 0.3 is 0 Å². The van der Waals surface area contributed by atoms with Crippen LogP contribution in [0.15, 0.2) is 0 Å². The monoisotopic (exact) mass is 233 g/mol. The molecule has 0 saturated carbocycles. The highest BCUT2D eigenvalue weighted by Gasteiger charge is 2.20. The quantitative estimate of drug-likeness (QED) is 0.848. The summed E-state index contributed by atoms with van der Waals surface area (Å²) in [4.78, 5) is 9.47. The van der Waals surface area contributed by atoms with Gasteiger partial charge in [-0.25, -0.2) is 9.97 Å². The number of aryl methyl sites for hydroxylation is 1. The Kier molecular flexibility index (Phi) is 3.97. The van der Waals surface area contributed by atoms with Crippen molar-refractivity contribution in [3.63, 3.8) is 0 Å². The van der Waals surface area contributed by atoms with Crippen molar-refractivity contribution >= 4 is 5.82 Å². The van der Waals surface area contributed by atoms with Gasteiger partial charge in [-0.3, -0.25) is 0 Å². The molecular formula is C14H23N3. The van der Waals surface area contributed by atoms with Crippen LogP contribution < -0.4 is 5.32 Å². The third-order valence-corrected chi connectivity index (χ3v) is 3.55. The Morgan fingerprint density at radius 1 is 1.24 bits per heavy atom. The van der Waals surface area contributed by atoms with Crippen LogP contribution in [0.4, 0.5) is 5.82 Å². The van der Waals surface area contributed by atoms with E-state index in [-0.39, 0.29) is 0 Å². The van der Waals surface area contributed by atoms with Crippen LogP contribution in [0.3, 0.4) is 0 Å². The molecule has 17 heavy (non-hydrogen) atoms. The second-order valence-electron chi connectivity index (χ2n) is 4.95. The maximum Gasteiger partial charge on any atom is 0.133 e. The van der Waals surface area contributed by atoms with Crippen molar-refractivity contribution in [1.29, 1.82) is 0 Å². The maximum absolute atomic E-state index is 4.74. The topological polar surface area (TPSA) is 37.8 Å². The Hall–Kier alpha value is -1.12. The van der Waals surface area contributed by atoms with Crippen LogP contribution in [0.1, 0.15) is 63.0 Å². The smallest absolute Gasteiger partial charge is 0.133 e. The molecule has 0 aliphatic heterocycles. The molecule has 1 heterocycles. The molecule has 0 radical (unpaired) electrons. The zero-order valence-corrected chi connectivity index (χ0v) is 11.2. The van der Waals surface area contributed by atoms with E-state index in [2.05, 4.69) is 26.1 Å². The van der Waals surface area contributed by atoms with Crippen LogP contribution in [-0.2, 0) is 12.8 Å². The molecule has 1 unspecified atom stereocenters. The first-order valence-corrected chi connectivity index (χ1v) is 6.89. The number of fused-ring (bicyclic) bond motifs is 1. The summed E-state index contributed by atoms with van der Waals surface area (Å²) in [5, 5.41) is 3.46. The number of nitrogens with one attached hydrogen (secondary N) is 1. The summed E-state index contributed by atoms with van der Waals surface area (Å²) in [6, 6.07) is 0. The van der Waals surface area contributed by atoms with Crippen LogP contribution in [-0.4, -0.2) is 16.5 Å². The summed E-state index contributed by atoms with van der Waals surface area (Å²) >= 11 is 0. The Labute approximate surface area is 104 Å². The van der Waals surface area contributed by atoms with Crippen LogP contribution in [0.2, 0.25) is 0 Å². The first-order chi connectivity index (χ1) is 8.26. The molecular weight excluding hydrogens is 210 g/mol. The molecule has 0 aromatic carbocycles. The van der Waals surface area contributed by atoms with Crippen molar-refractivity contribution in [2.45, 2.75) is 58.8 Å². The highest BCUT2D eigenvalue weighted by molar-refractivity contribution is 5.49. The van der Waals surface area contributed by atoms with Crippen molar-refractivity contribution in [1.82, 2.24) is 9.97 Å². The van der Waals surface area contributed by atoms with Gasteiger partial charge in [-0.05, 0) is 32.1 Å². The maximum atomic E-state index is 4.74. The van der Waals surface area contributed by atoms with Gasteiger partial charge in [0, 0.05) is 23.7 Å². The fraction of sp³-hybridized carbons (Fsp3) is 0.714. The Bertz CT molecular complexity index is 387. The van der Waals surface area contributed by atoms with Crippen molar-refractivity contribution in [3.8, 4) is 0 Å². The average molecular weight is 233 g/mol. The van der Waals surface area contributed by atoms with E-state index in [0.717, 1.165) is 43.9 Å². The summed E-state index contributed by atoms with van der Waals surface area (Å²) in [5.74, 6) is 2.58. The van der Waals surface area contributed by atoms with Gasteiger partial charge in [0.05, 0.1) is 0 Å². The molecule has 1 N–H and O–H groups in total. The Morgan fingerprint density at radius 3 is 2.76 bits per heavy atom. The van der Waals surface area contributed by atoms with Gasteiger partial charge in [0.1, 0.15) is 11.6 Å². The summed E-state index contributed by atoms with van der Waals surface area (Å²) in [6.07, 6.45) is 5.74. The number of hydrogen-bond acceptors (Lipinski definition) is 3. The fourth-order valence-corrected chi connectivity index (χ4v) is 2.24. The lowest BCUT2D eigenvalue weighted by molar-refractivity contribution is 0.672. The molecule has 3 nitrogen and oxygen atoms in total. The van der Waals surface area contributed by atoms with Crippen molar-refractivity contribution < 1.29 is 0 Å². The molecule has 2 rings (SSSR count). The van der Waals surface area contributed by atoms with E-state index < -0.39 is 0 Å². The van der Waals surface area contributed by atoms with Gasteiger partial charge in [-0.15, -0.1) is 0 Å². The number of rotatable bonds is 5. The zero-order chi connectivity index (χ0) is 12.3. The highest BCUT2D eigenvalue weighted by Crippen LogP contribution is 2.28. The molecule has 1 atom stereocenters. The Morgan fingerprint density at radius 2 is 2.06 bits per heavy atom. The highest BCUT2D eigenvalue weighted by atomic mass is 15.0. The molecule has 3 heteroatoms. The summed E-state index contributed by atoms with van der Waals surface area (Å²) in [5.41, 5.74) is 2.65. The molecule has 1 aliphatic carbocycles. The van der Waals surface area contributed by atoms with E-state index >= 15 is 0 Å². The summed E-state index contributed by atoms with van der Waals surface area (Å²) < 4.78 is 0. The molecule has 1 aromatic rings. The largest absolute Gasteiger partial charge is 0.370 e. The summed E-state index contributed by atoms with van der Waals surface area (Å²) in [6.45, 7) is 7.59. The lowest BCUT2D eigenvalue weighted by atomic mass is 10.1. The van der Waals surface area contributed by atoms with E-state index in [1.54, 1.807) is 0 Å². The lowest BCUT2D eigenvalue weighted by Gasteiger charge is -2.14. The predicted octanol–water partition coefficient (Wildman–Crippen LogP) is 3.30. The standard InChI is InChI=1S/C14H23N3/c1-4-9-15-14-11-7-6-8-12(11)16-13(17-14)10(3)5-2/h10H,4-9H2,1-3H3,(H,15,16,17). The molecule has 94 valence electrons. The number of nitrogens with zero attached hydrogens (tertiary/aromatic N) is 2. The zero-order valence-electron chi connectivity index (χ0n) is 11.2. The second kappa shape index (κ2) is 5.48. The first kappa shape index (κ1) is 12.3. The average Bonchev–Trinajstić information content (AvgIpc) is 2.82. The van der Waals surface area contributed by atoms with Crippen molar-refractivity contribution in [2.75, 3.05) is 11.9 Å². The Balaban J connectivity index is 2.31. The van der Waals surface area contributed by atoms with E-state index in [0.29, 0.717) is 5.92 Å². The minimum Gasteiger partial charge on any atom is -0.370 e. The van der Waals surface area contributed by atoms with E-state index in [4.69, 9.17) is 9.97 Å². The number of aromatic nitrogens is 2. The van der Waals surface area contributed by atoms with Gasteiger partial charge in [0.15, 0.2) is 0 Å². The van der Waals surface area contributed by atoms with E-state index in [1.165, 1.54) is 17.7 Å². The van der Waals surface area contributed by atoms with Gasteiger partial charge in [-0.1, -0.05) is 20.8 Å². The number of hydrogen-bond donors (Lipinski definition) is 1. The lowest BCUT2D eigenvalue weighted by Crippen LogP contribution is -2.11. The van der Waals surface area contributed by atoms with E-state index in [1.807, 2.05) is 0 Å². The molecule has 0 fully saturated rings. The normalized spacial score (nSPS) is 15.7. The number of anilines is 1. The van der Waals surface area contributed by atoms with Gasteiger partial charge < -0.3 is 5.32 Å². The minimum atomic E-state index is 0.461. The second-order valence-corrected chi connectivity index (χ2v) is 4.95. The molecule has 0 bridgehead atoms. The van der Waals surface area contributed by atoms with Gasteiger partial charge in [-0.2, -0.15) is 0 Å². The van der Waals surface area contributed by atoms with Gasteiger partial charge in [0.2, 0.25) is 0 Å². The van der Waals surface area contributed by atoms with Gasteiger partial charge in [0.25, 0.3) is 0 Å². The van der Waals surface area contributed by atoms with E-state index in [9.17, 15) is 0 Å². The van der Waals surface area contributed by atoms with Crippen LogP contribution in [0, 0.1) is 0 Å². The molecule has 0 spiro atoms. The first-order valence-electron chi connectivity index (χ1n) is 6.89. The molecule has 1 aliphatic rings. The molecule has 0 saturated heterocycles. The molecule has 1 aromatic heterocycles. The fourth-order valence-electron chi connectivity index (χ4n) is 2.24. The third-order valence-electron chi connectivity index (χ3n) is 3.55. The third kappa shape index (κ3) is 2.59. The molecule has 0 amide bonds. The van der Waals surface area contributed by atoms with Crippen LogP contribution >= 0.6 is 0 Å². The predicted molar refractivity (Wildman–Crippen MR) is 71.5 cm³/mol. The van der Waals surface area contributed by atoms with Crippen molar-refractivity contribution in [2.24, 2.45) is 0 Å². The van der Waals surface area contributed by atoms with Crippen LogP contribution in [0.5, 0.6) is 0 Å². The summed E-state index contributed by atoms with van der Waals surface area (Å²) in [7, 11) is 0. The SMILES string of the molecule is CCCNc1nc(C(C)CC)nc2c1CCC2. The van der Waals surface area contributed by atoms with Crippen molar-refractivity contribution in [3.05, 3.63) is 17.1 Å².